The molecule has 1 saturated carbocycles. The van der Waals surface area contributed by atoms with Crippen molar-refractivity contribution in [2.45, 2.75) is 43.4 Å². The van der Waals surface area contributed by atoms with Gasteiger partial charge in [0, 0.05) is 22.9 Å². The van der Waals surface area contributed by atoms with Crippen LogP contribution in [0.2, 0.25) is 20.1 Å². The fraction of sp³-hybridized carbons (Fsp3) is 0.276. The number of carbonyl (C=O) groups excluding carboxylic acids is 3. The molecule has 13 heteroatoms. The standard InChI is InChI=1S/C29H25Cl6N3O4/c1-12-19(7-8-20(42-27(36)41)21(12)28(2,3)4)38-25(39)15-11-14(5-6-16(15)30)37-26(40)23-22(29(23,34)35)13-9-17(31)24(33)18(32)10-13/h5-11,22-23H,1-4H3,(H2,36,41)(H,37,40)(H,38,39)/t22-,23+/m0/s1. The van der Waals surface area contributed by atoms with Crippen LogP contribution >= 0.6 is 69.6 Å². The number of nitrogens with two attached hydrogens (primary N) is 1. The SMILES string of the molecule is Cc1c(NC(=O)c2cc(NC(=O)[C@H]3[C@H](c4cc(Cl)c(Cl)c(Cl)c4)C3(Cl)Cl)ccc2Cl)ccc(OC(N)=O)c1C(C)(C)C. The van der Waals surface area contributed by atoms with Crippen molar-refractivity contribution in [2.24, 2.45) is 11.7 Å². The number of amides is 3. The highest BCUT2D eigenvalue weighted by molar-refractivity contribution is 6.54. The number of anilines is 2. The fourth-order valence-corrected chi connectivity index (χ4v) is 6.60. The lowest BCUT2D eigenvalue weighted by atomic mass is 9.82. The monoisotopic (exact) mass is 689 g/mol. The molecule has 3 aromatic rings. The van der Waals surface area contributed by atoms with Gasteiger partial charge >= 0.3 is 6.09 Å². The lowest BCUT2D eigenvalue weighted by molar-refractivity contribution is -0.117. The molecule has 4 N–H and O–H groups in total. The Balaban J connectivity index is 1.56. The topological polar surface area (TPSA) is 111 Å². The molecule has 0 unspecified atom stereocenters. The molecule has 7 nitrogen and oxygen atoms in total. The molecule has 0 bridgehead atoms. The Bertz CT molecular complexity index is 1600. The molecule has 0 aliphatic heterocycles. The van der Waals surface area contributed by atoms with Crippen molar-refractivity contribution < 1.29 is 19.1 Å². The fourth-order valence-electron chi connectivity index (χ4n) is 4.96. The van der Waals surface area contributed by atoms with Gasteiger partial charge in [0.25, 0.3) is 5.91 Å². The average molecular weight is 692 g/mol. The number of carbonyl (C=O) groups is 3. The molecule has 1 fully saturated rings. The molecule has 0 aromatic heterocycles. The Labute approximate surface area is 272 Å². The van der Waals surface area contributed by atoms with Crippen molar-refractivity contribution in [2.75, 3.05) is 10.6 Å². The maximum absolute atomic E-state index is 13.3. The number of primary amides is 1. The van der Waals surface area contributed by atoms with Gasteiger partial charge in [-0.15, -0.1) is 23.2 Å². The maximum Gasteiger partial charge on any atom is 0.409 e. The van der Waals surface area contributed by atoms with E-state index in [2.05, 4.69) is 10.6 Å². The molecule has 3 aromatic carbocycles. The molecule has 0 heterocycles. The normalized spacial score (nSPS) is 17.4. The van der Waals surface area contributed by atoms with Crippen LogP contribution in [-0.2, 0) is 10.2 Å². The van der Waals surface area contributed by atoms with Crippen molar-refractivity contribution in [1.29, 1.82) is 0 Å². The minimum atomic E-state index is -1.41. The third kappa shape index (κ3) is 6.57. The average Bonchev–Trinajstić information content (AvgIpc) is 3.45. The highest BCUT2D eigenvalue weighted by atomic mass is 35.5. The predicted molar refractivity (Wildman–Crippen MR) is 170 cm³/mol. The highest BCUT2D eigenvalue weighted by Gasteiger charge is 2.67. The molecule has 1 aliphatic rings. The van der Waals surface area contributed by atoms with Crippen LogP contribution in [0.5, 0.6) is 5.75 Å². The Morgan fingerprint density at radius 3 is 2.10 bits per heavy atom. The molecule has 222 valence electrons. The first-order chi connectivity index (χ1) is 19.4. The van der Waals surface area contributed by atoms with Crippen LogP contribution in [0, 0.1) is 12.8 Å². The van der Waals surface area contributed by atoms with E-state index in [0.717, 1.165) is 0 Å². The van der Waals surface area contributed by atoms with Gasteiger partial charge in [0.2, 0.25) is 5.91 Å². The van der Waals surface area contributed by atoms with Crippen molar-refractivity contribution in [1.82, 2.24) is 0 Å². The van der Waals surface area contributed by atoms with Gasteiger partial charge in [-0.05, 0) is 65.9 Å². The molecule has 0 saturated heterocycles. The van der Waals surface area contributed by atoms with Gasteiger partial charge in [0.1, 0.15) is 10.1 Å². The van der Waals surface area contributed by atoms with E-state index in [9.17, 15) is 14.4 Å². The van der Waals surface area contributed by atoms with Gasteiger partial charge in [-0.1, -0.05) is 67.2 Å². The molecule has 3 amide bonds. The number of halogens is 6. The summed E-state index contributed by atoms with van der Waals surface area (Å²) in [6, 6.07) is 10.8. The lowest BCUT2D eigenvalue weighted by Crippen LogP contribution is -2.22. The van der Waals surface area contributed by atoms with Crippen LogP contribution in [0.15, 0.2) is 42.5 Å². The highest BCUT2D eigenvalue weighted by Crippen LogP contribution is 2.65. The van der Waals surface area contributed by atoms with Gasteiger partial charge < -0.3 is 21.1 Å². The van der Waals surface area contributed by atoms with Gasteiger partial charge in [0.15, 0.2) is 0 Å². The maximum atomic E-state index is 13.3. The number of nitrogens with one attached hydrogen (secondary N) is 2. The van der Waals surface area contributed by atoms with Crippen LogP contribution in [-0.4, -0.2) is 22.2 Å². The van der Waals surface area contributed by atoms with Crippen LogP contribution < -0.4 is 21.1 Å². The second-order valence-corrected chi connectivity index (χ2v) is 13.9. The molecular formula is C29H25Cl6N3O4. The van der Waals surface area contributed by atoms with E-state index >= 15 is 0 Å². The van der Waals surface area contributed by atoms with Crippen molar-refractivity contribution in [3.63, 3.8) is 0 Å². The van der Waals surface area contributed by atoms with Gasteiger partial charge in [0.05, 0.1) is 31.6 Å². The zero-order valence-corrected chi connectivity index (χ0v) is 27.2. The first kappa shape index (κ1) is 32.5. The molecule has 42 heavy (non-hydrogen) atoms. The summed E-state index contributed by atoms with van der Waals surface area (Å²) in [6.07, 6.45) is -0.943. The summed E-state index contributed by atoms with van der Waals surface area (Å²) in [5, 5.41) is 6.37. The Kier molecular flexibility index (Phi) is 9.25. The third-order valence-corrected chi connectivity index (χ3v) is 9.28. The quantitative estimate of drug-likeness (QED) is 0.177. The molecular weight excluding hydrogens is 667 g/mol. The Morgan fingerprint density at radius 2 is 1.52 bits per heavy atom. The molecule has 0 radical (unpaired) electrons. The number of hydrogen-bond donors (Lipinski definition) is 3. The molecule has 4 rings (SSSR count). The first-order valence-corrected chi connectivity index (χ1v) is 14.8. The Hall–Kier alpha value is -2.39. The zero-order chi connectivity index (χ0) is 31.3. The van der Waals surface area contributed by atoms with Crippen LogP contribution in [0.25, 0.3) is 0 Å². The van der Waals surface area contributed by atoms with E-state index in [1.807, 2.05) is 20.8 Å². The minimum absolute atomic E-state index is 0.107. The summed E-state index contributed by atoms with van der Waals surface area (Å²) in [5.41, 5.74) is 7.61. The Morgan fingerprint density at radius 1 is 0.905 bits per heavy atom. The van der Waals surface area contributed by atoms with E-state index in [-0.39, 0.29) is 25.7 Å². The van der Waals surface area contributed by atoms with Crippen molar-refractivity contribution >= 4 is 98.9 Å². The van der Waals surface area contributed by atoms with E-state index in [4.69, 9.17) is 80.1 Å². The number of alkyl halides is 2. The summed E-state index contributed by atoms with van der Waals surface area (Å²) in [4.78, 5) is 38.0. The second kappa shape index (κ2) is 11.9. The summed E-state index contributed by atoms with van der Waals surface area (Å²) >= 11 is 37.7. The van der Waals surface area contributed by atoms with E-state index in [1.54, 1.807) is 37.3 Å². The van der Waals surface area contributed by atoms with Crippen molar-refractivity contribution in [3.8, 4) is 5.75 Å². The van der Waals surface area contributed by atoms with Crippen LogP contribution in [0.1, 0.15) is 53.7 Å². The zero-order valence-electron chi connectivity index (χ0n) is 22.7. The second-order valence-electron chi connectivity index (χ2n) is 10.8. The number of benzene rings is 3. The van der Waals surface area contributed by atoms with Gasteiger partial charge in [-0.2, -0.15) is 0 Å². The number of rotatable bonds is 6. The van der Waals surface area contributed by atoms with Gasteiger partial charge in [-0.3, -0.25) is 9.59 Å². The smallest absolute Gasteiger partial charge is 0.409 e. The molecule has 2 atom stereocenters. The number of ether oxygens (including phenoxy) is 1. The lowest BCUT2D eigenvalue weighted by Gasteiger charge is -2.26. The summed E-state index contributed by atoms with van der Waals surface area (Å²) in [7, 11) is 0. The predicted octanol–water partition coefficient (Wildman–Crippen LogP) is 9.14. The first-order valence-electron chi connectivity index (χ1n) is 12.5. The van der Waals surface area contributed by atoms with E-state index < -0.39 is 39.5 Å². The summed E-state index contributed by atoms with van der Waals surface area (Å²) in [6.45, 7) is 7.61. The third-order valence-electron chi connectivity index (χ3n) is 6.82. The van der Waals surface area contributed by atoms with Crippen LogP contribution in [0.3, 0.4) is 0 Å². The van der Waals surface area contributed by atoms with Crippen molar-refractivity contribution in [3.05, 3.63) is 84.8 Å². The number of hydrogen-bond acceptors (Lipinski definition) is 4. The summed E-state index contributed by atoms with van der Waals surface area (Å²) < 4.78 is 3.77. The molecule has 0 spiro atoms. The minimum Gasteiger partial charge on any atom is -0.410 e. The van der Waals surface area contributed by atoms with E-state index in [0.29, 0.717) is 33.8 Å². The van der Waals surface area contributed by atoms with Gasteiger partial charge in [-0.25, -0.2) is 4.79 Å². The van der Waals surface area contributed by atoms with E-state index in [1.165, 1.54) is 12.1 Å². The largest absolute Gasteiger partial charge is 0.410 e. The summed E-state index contributed by atoms with van der Waals surface area (Å²) in [5.74, 6) is -2.13. The van der Waals surface area contributed by atoms with Crippen LogP contribution in [0.4, 0.5) is 16.2 Å². The molecule has 1 aliphatic carbocycles.